The maximum atomic E-state index is 12.7. The lowest BCUT2D eigenvalue weighted by atomic mass is 10.3. The Morgan fingerprint density at radius 2 is 2.08 bits per heavy atom. The van der Waals surface area contributed by atoms with Crippen molar-refractivity contribution in [2.75, 3.05) is 18.0 Å². The minimum absolute atomic E-state index is 0.0161. The fourth-order valence-corrected chi connectivity index (χ4v) is 4.34. The Bertz CT molecular complexity index is 843. The van der Waals surface area contributed by atoms with Gasteiger partial charge in [0.1, 0.15) is 0 Å². The van der Waals surface area contributed by atoms with Crippen LogP contribution in [0.5, 0.6) is 0 Å². The highest BCUT2D eigenvalue weighted by molar-refractivity contribution is 8.00. The van der Waals surface area contributed by atoms with Crippen molar-refractivity contribution in [2.45, 2.75) is 36.3 Å². The van der Waals surface area contributed by atoms with Gasteiger partial charge < -0.3 is 14.2 Å². The molecule has 1 unspecified atom stereocenters. The molecule has 1 aromatic heterocycles. The lowest BCUT2D eigenvalue weighted by Gasteiger charge is -2.17. The Balaban J connectivity index is 1.40. The second-order valence-corrected chi connectivity index (χ2v) is 7.78. The minimum Gasteiger partial charge on any atom is -0.414 e. The summed E-state index contributed by atoms with van der Waals surface area (Å²) in [7, 11) is 0. The highest BCUT2D eigenvalue weighted by Crippen LogP contribution is 2.35. The van der Waals surface area contributed by atoms with E-state index in [1.165, 1.54) is 11.8 Å². The van der Waals surface area contributed by atoms with Crippen molar-refractivity contribution in [3.63, 3.8) is 0 Å². The number of thioether (sulfide) groups is 1. The molecule has 0 N–H and O–H groups in total. The highest BCUT2D eigenvalue weighted by Gasteiger charge is 2.35. The predicted octanol–water partition coefficient (Wildman–Crippen LogP) is 2.74. The van der Waals surface area contributed by atoms with Crippen molar-refractivity contribution >= 4 is 40.9 Å². The van der Waals surface area contributed by atoms with Crippen LogP contribution in [0.3, 0.4) is 0 Å². The average molecular weight is 393 g/mol. The number of amides is 2. The summed E-state index contributed by atoms with van der Waals surface area (Å²) < 4.78 is 5.62. The molecule has 2 amide bonds. The highest BCUT2D eigenvalue weighted by atomic mass is 35.5. The van der Waals surface area contributed by atoms with Crippen LogP contribution in [0.4, 0.5) is 5.69 Å². The van der Waals surface area contributed by atoms with Crippen molar-refractivity contribution in [3.8, 4) is 0 Å². The van der Waals surface area contributed by atoms with E-state index in [0.717, 1.165) is 18.7 Å². The van der Waals surface area contributed by atoms with E-state index in [1.54, 1.807) is 15.9 Å². The summed E-state index contributed by atoms with van der Waals surface area (Å²) in [5, 5.41) is 8.63. The van der Waals surface area contributed by atoms with Crippen LogP contribution >= 0.6 is 23.4 Å². The standard InChI is InChI=1S/C17H17ClN4O3S/c18-11-4-1-2-5-12(11)22-9-7-13(16(22)24)26-17-20-19-14(25-17)10-21-8-3-6-15(21)23/h1-2,4-5,13H,3,6-10H2. The number of carbonyl (C=O) groups is 2. The van der Waals surface area contributed by atoms with E-state index in [-0.39, 0.29) is 17.1 Å². The average Bonchev–Trinajstić information content (AvgIpc) is 3.33. The van der Waals surface area contributed by atoms with Crippen LogP contribution < -0.4 is 4.90 Å². The fourth-order valence-electron chi connectivity index (χ4n) is 3.18. The predicted molar refractivity (Wildman–Crippen MR) is 97.0 cm³/mol. The van der Waals surface area contributed by atoms with E-state index in [4.69, 9.17) is 16.0 Å². The zero-order valence-electron chi connectivity index (χ0n) is 13.9. The first-order valence-electron chi connectivity index (χ1n) is 8.44. The summed E-state index contributed by atoms with van der Waals surface area (Å²) in [6.45, 7) is 1.65. The van der Waals surface area contributed by atoms with Crippen molar-refractivity contribution in [1.82, 2.24) is 15.1 Å². The molecule has 4 rings (SSSR count). The van der Waals surface area contributed by atoms with Gasteiger partial charge in [-0.2, -0.15) is 0 Å². The van der Waals surface area contributed by atoms with Gasteiger partial charge in [-0.05, 0) is 25.0 Å². The maximum absolute atomic E-state index is 12.7. The van der Waals surface area contributed by atoms with Crippen molar-refractivity contribution in [3.05, 3.63) is 35.2 Å². The van der Waals surface area contributed by atoms with Gasteiger partial charge in [0, 0.05) is 19.5 Å². The van der Waals surface area contributed by atoms with Crippen molar-refractivity contribution in [2.24, 2.45) is 0 Å². The van der Waals surface area contributed by atoms with E-state index >= 15 is 0 Å². The summed E-state index contributed by atoms with van der Waals surface area (Å²) in [6, 6.07) is 7.31. The van der Waals surface area contributed by atoms with Gasteiger partial charge in [-0.3, -0.25) is 9.59 Å². The molecule has 2 fully saturated rings. The van der Waals surface area contributed by atoms with Gasteiger partial charge in [0.25, 0.3) is 5.22 Å². The quantitative estimate of drug-likeness (QED) is 0.778. The number of para-hydroxylation sites is 1. The van der Waals surface area contributed by atoms with Crippen LogP contribution in [-0.2, 0) is 16.1 Å². The second kappa shape index (κ2) is 7.28. The molecule has 2 saturated heterocycles. The zero-order valence-corrected chi connectivity index (χ0v) is 15.5. The number of rotatable bonds is 5. The number of hydrogen-bond acceptors (Lipinski definition) is 6. The zero-order chi connectivity index (χ0) is 18.1. The Morgan fingerprint density at radius 1 is 1.23 bits per heavy atom. The molecule has 136 valence electrons. The van der Waals surface area contributed by atoms with Crippen LogP contribution in [0.1, 0.15) is 25.2 Å². The molecule has 7 nitrogen and oxygen atoms in total. The molecule has 0 saturated carbocycles. The number of benzene rings is 1. The first kappa shape index (κ1) is 17.4. The molecule has 0 bridgehead atoms. The number of carbonyl (C=O) groups excluding carboxylic acids is 2. The number of halogens is 1. The van der Waals surface area contributed by atoms with Crippen LogP contribution in [0.2, 0.25) is 5.02 Å². The molecule has 2 aliphatic heterocycles. The van der Waals surface area contributed by atoms with E-state index < -0.39 is 0 Å². The summed E-state index contributed by atoms with van der Waals surface area (Å²) >= 11 is 7.47. The number of anilines is 1. The summed E-state index contributed by atoms with van der Waals surface area (Å²) in [4.78, 5) is 27.8. The molecule has 2 aliphatic rings. The van der Waals surface area contributed by atoms with Gasteiger partial charge >= 0.3 is 0 Å². The molecule has 3 heterocycles. The van der Waals surface area contributed by atoms with Crippen LogP contribution in [0, 0.1) is 0 Å². The van der Waals surface area contributed by atoms with Crippen LogP contribution in [-0.4, -0.2) is 45.3 Å². The number of hydrogen-bond donors (Lipinski definition) is 0. The molecule has 0 aliphatic carbocycles. The van der Waals surface area contributed by atoms with Crippen molar-refractivity contribution in [1.29, 1.82) is 0 Å². The normalized spacial score (nSPS) is 20.4. The molecule has 1 aromatic carbocycles. The Morgan fingerprint density at radius 3 is 2.85 bits per heavy atom. The Kier molecular flexibility index (Phi) is 4.86. The Hall–Kier alpha value is -2.06. The minimum atomic E-state index is -0.284. The maximum Gasteiger partial charge on any atom is 0.277 e. The molecule has 0 radical (unpaired) electrons. The summed E-state index contributed by atoms with van der Waals surface area (Å²) in [5.41, 5.74) is 0.723. The van der Waals surface area contributed by atoms with Gasteiger partial charge in [-0.1, -0.05) is 35.5 Å². The lowest BCUT2D eigenvalue weighted by molar-refractivity contribution is -0.128. The third-order valence-corrected chi connectivity index (χ3v) is 5.90. The Labute approximate surface area is 159 Å². The van der Waals surface area contributed by atoms with Gasteiger partial charge in [-0.15, -0.1) is 10.2 Å². The monoisotopic (exact) mass is 392 g/mol. The van der Waals surface area contributed by atoms with Crippen LogP contribution in [0.25, 0.3) is 0 Å². The van der Waals surface area contributed by atoms with Gasteiger partial charge in [-0.25, -0.2) is 0 Å². The van der Waals surface area contributed by atoms with E-state index in [2.05, 4.69) is 10.2 Å². The first-order chi connectivity index (χ1) is 12.6. The largest absolute Gasteiger partial charge is 0.414 e. The SMILES string of the molecule is O=C1CCCN1Cc1nnc(SC2CCN(c3ccccc3Cl)C2=O)o1. The van der Waals surface area contributed by atoms with Crippen molar-refractivity contribution < 1.29 is 14.0 Å². The van der Waals surface area contributed by atoms with E-state index in [9.17, 15) is 9.59 Å². The molecule has 2 aromatic rings. The number of nitrogens with zero attached hydrogens (tertiary/aromatic N) is 4. The first-order valence-corrected chi connectivity index (χ1v) is 9.70. The van der Waals surface area contributed by atoms with Crippen LogP contribution in [0.15, 0.2) is 33.9 Å². The second-order valence-electron chi connectivity index (χ2n) is 6.22. The third kappa shape index (κ3) is 3.43. The summed E-state index contributed by atoms with van der Waals surface area (Å²) in [5.74, 6) is 0.493. The summed E-state index contributed by atoms with van der Waals surface area (Å²) in [6.07, 6.45) is 2.12. The number of likely N-dealkylation sites (tertiary alicyclic amines) is 1. The molecule has 1 atom stereocenters. The number of aromatic nitrogens is 2. The molecule has 9 heteroatoms. The molecular formula is C17H17ClN4O3S. The molecule has 26 heavy (non-hydrogen) atoms. The smallest absolute Gasteiger partial charge is 0.277 e. The molecule has 0 spiro atoms. The third-order valence-electron chi connectivity index (χ3n) is 4.49. The van der Waals surface area contributed by atoms with Gasteiger partial charge in [0.05, 0.1) is 22.5 Å². The van der Waals surface area contributed by atoms with E-state index in [1.807, 2.05) is 18.2 Å². The van der Waals surface area contributed by atoms with Gasteiger partial charge in [0.15, 0.2) is 0 Å². The topological polar surface area (TPSA) is 79.5 Å². The molecular weight excluding hydrogens is 376 g/mol. The van der Waals surface area contributed by atoms with Gasteiger partial charge in [0.2, 0.25) is 17.7 Å². The van der Waals surface area contributed by atoms with E-state index in [0.29, 0.717) is 42.1 Å². The lowest BCUT2D eigenvalue weighted by Crippen LogP contribution is -2.28. The fraction of sp³-hybridized carbons (Fsp3) is 0.412.